The second-order valence-corrected chi connectivity index (χ2v) is 5.82. The Hall–Kier alpha value is -2.40. The van der Waals surface area contributed by atoms with Crippen LogP contribution in [0.25, 0.3) is 0 Å². The van der Waals surface area contributed by atoms with E-state index in [9.17, 15) is 4.79 Å². The van der Waals surface area contributed by atoms with Crippen LogP contribution in [0.4, 0.5) is 5.69 Å². The number of para-hydroxylation sites is 1. The average molecular weight is 326 g/mol. The Labute approximate surface area is 142 Å². The van der Waals surface area contributed by atoms with Crippen LogP contribution in [0.2, 0.25) is 0 Å². The summed E-state index contributed by atoms with van der Waals surface area (Å²) in [5.41, 5.74) is 2.57. The van der Waals surface area contributed by atoms with Crippen molar-refractivity contribution in [2.45, 2.75) is 26.4 Å². The highest BCUT2D eigenvalue weighted by molar-refractivity contribution is 6.06. The molecule has 1 atom stereocenters. The summed E-state index contributed by atoms with van der Waals surface area (Å²) in [7, 11) is 0. The van der Waals surface area contributed by atoms with Gasteiger partial charge >= 0.3 is 0 Å². The number of aryl methyl sites for hydroxylation is 1. The summed E-state index contributed by atoms with van der Waals surface area (Å²) >= 11 is 0. The molecule has 2 aromatic rings. The molecular formula is C19H22N2O3. The molecule has 0 aliphatic carbocycles. The van der Waals surface area contributed by atoms with E-state index in [1.807, 2.05) is 38.1 Å². The van der Waals surface area contributed by atoms with Crippen LogP contribution in [0.5, 0.6) is 5.88 Å². The van der Waals surface area contributed by atoms with Gasteiger partial charge < -0.3 is 14.4 Å². The lowest BCUT2D eigenvalue weighted by molar-refractivity contribution is 0.0986. The van der Waals surface area contributed by atoms with E-state index in [1.54, 1.807) is 23.2 Å². The Bertz CT molecular complexity index is 711. The van der Waals surface area contributed by atoms with Crippen LogP contribution in [0, 0.1) is 6.92 Å². The fraction of sp³-hybridized carbons (Fsp3) is 0.368. The number of hydrogen-bond acceptors (Lipinski definition) is 4. The Balaban J connectivity index is 1.81. The average Bonchev–Trinajstić information content (AvgIpc) is 3.10. The maximum atomic E-state index is 12.9. The number of benzene rings is 1. The van der Waals surface area contributed by atoms with Crippen LogP contribution in [0.3, 0.4) is 0 Å². The molecule has 5 nitrogen and oxygen atoms in total. The van der Waals surface area contributed by atoms with Gasteiger partial charge in [-0.25, -0.2) is 4.98 Å². The van der Waals surface area contributed by atoms with Gasteiger partial charge in [0.15, 0.2) is 0 Å². The molecule has 2 heterocycles. The molecule has 126 valence electrons. The third-order valence-electron chi connectivity index (χ3n) is 4.12. The molecule has 1 aromatic carbocycles. The molecule has 1 aliphatic heterocycles. The Morgan fingerprint density at radius 2 is 2.21 bits per heavy atom. The second kappa shape index (κ2) is 7.45. The molecule has 0 bridgehead atoms. The van der Waals surface area contributed by atoms with Crippen molar-refractivity contribution >= 4 is 11.6 Å². The molecule has 0 N–H and O–H groups in total. The third kappa shape index (κ3) is 3.57. The van der Waals surface area contributed by atoms with Crippen LogP contribution < -0.4 is 9.64 Å². The third-order valence-corrected chi connectivity index (χ3v) is 4.12. The van der Waals surface area contributed by atoms with E-state index in [1.165, 1.54) is 0 Å². The van der Waals surface area contributed by atoms with Crippen LogP contribution >= 0.6 is 0 Å². The first-order valence-electron chi connectivity index (χ1n) is 8.27. The lowest BCUT2D eigenvalue weighted by atomic mass is 10.1. The van der Waals surface area contributed by atoms with Gasteiger partial charge in [-0.15, -0.1) is 0 Å². The predicted octanol–water partition coefficient (Wildman–Crippen LogP) is 3.22. The second-order valence-electron chi connectivity index (χ2n) is 5.82. The van der Waals surface area contributed by atoms with Gasteiger partial charge in [0.25, 0.3) is 5.91 Å². The lowest BCUT2D eigenvalue weighted by Crippen LogP contribution is -2.31. The minimum Gasteiger partial charge on any atom is -0.472 e. The van der Waals surface area contributed by atoms with Crippen molar-refractivity contribution in [1.82, 2.24) is 4.98 Å². The van der Waals surface area contributed by atoms with Crippen molar-refractivity contribution in [3.63, 3.8) is 0 Å². The minimum absolute atomic E-state index is 0.0153. The zero-order valence-electron chi connectivity index (χ0n) is 14.1. The summed E-state index contributed by atoms with van der Waals surface area (Å²) in [5.74, 6) is 0.416. The molecule has 1 amide bonds. The summed E-state index contributed by atoms with van der Waals surface area (Å²) in [6.45, 7) is 5.86. The number of amides is 1. The van der Waals surface area contributed by atoms with E-state index in [0.29, 0.717) is 31.2 Å². The van der Waals surface area contributed by atoms with E-state index >= 15 is 0 Å². The molecule has 1 aliphatic rings. The first-order valence-corrected chi connectivity index (χ1v) is 8.27. The van der Waals surface area contributed by atoms with Gasteiger partial charge in [0.2, 0.25) is 5.88 Å². The normalized spacial score (nSPS) is 16.8. The molecule has 1 fully saturated rings. The van der Waals surface area contributed by atoms with Crippen molar-refractivity contribution < 1.29 is 14.3 Å². The van der Waals surface area contributed by atoms with E-state index in [4.69, 9.17) is 9.47 Å². The van der Waals surface area contributed by atoms with Crippen LogP contribution in [0.15, 0.2) is 42.6 Å². The molecule has 0 saturated carbocycles. The molecule has 1 unspecified atom stereocenters. The number of hydrogen-bond donors (Lipinski definition) is 0. The number of ether oxygens (including phenoxy) is 2. The minimum atomic E-state index is -0.0540. The van der Waals surface area contributed by atoms with E-state index < -0.39 is 0 Å². The predicted molar refractivity (Wildman–Crippen MR) is 92.6 cm³/mol. The fourth-order valence-electron chi connectivity index (χ4n) is 2.83. The van der Waals surface area contributed by atoms with Crippen LogP contribution in [0.1, 0.15) is 29.3 Å². The highest BCUT2D eigenvalue weighted by atomic mass is 16.5. The van der Waals surface area contributed by atoms with Crippen molar-refractivity contribution in [3.8, 4) is 5.88 Å². The molecule has 1 aromatic heterocycles. The topological polar surface area (TPSA) is 51.7 Å². The summed E-state index contributed by atoms with van der Waals surface area (Å²) < 4.78 is 11.1. The Morgan fingerprint density at radius 1 is 1.38 bits per heavy atom. The fourth-order valence-corrected chi connectivity index (χ4v) is 2.83. The van der Waals surface area contributed by atoms with Crippen molar-refractivity contribution in [3.05, 3.63) is 53.7 Å². The highest BCUT2D eigenvalue weighted by Crippen LogP contribution is 2.23. The molecular weight excluding hydrogens is 304 g/mol. The SMILES string of the molecule is CCN(C(=O)c1ccnc(OC2CCOC2)c1)c1ccccc1C. The van der Waals surface area contributed by atoms with Gasteiger partial charge in [0.05, 0.1) is 13.2 Å². The van der Waals surface area contributed by atoms with E-state index in [0.717, 1.165) is 17.7 Å². The van der Waals surface area contributed by atoms with Crippen LogP contribution in [-0.4, -0.2) is 36.8 Å². The van der Waals surface area contributed by atoms with Gasteiger partial charge in [0, 0.05) is 36.5 Å². The number of rotatable bonds is 5. The summed E-state index contributed by atoms with van der Waals surface area (Å²) in [6, 6.07) is 11.3. The Kier molecular flexibility index (Phi) is 5.11. The maximum absolute atomic E-state index is 12.9. The Morgan fingerprint density at radius 3 is 2.92 bits per heavy atom. The van der Waals surface area contributed by atoms with Gasteiger partial charge in [-0.05, 0) is 31.5 Å². The van der Waals surface area contributed by atoms with Gasteiger partial charge in [-0.3, -0.25) is 4.79 Å². The zero-order chi connectivity index (χ0) is 16.9. The van der Waals surface area contributed by atoms with Crippen molar-refractivity contribution in [1.29, 1.82) is 0 Å². The maximum Gasteiger partial charge on any atom is 0.258 e. The van der Waals surface area contributed by atoms with Crippen LogP contribution in [-0.2, 0) is 4.74 Å². The van der Waals surface area contributed by atoms with Crippen molar-refractivity contribution in [2.75, 3.05) is 24.7 Å². The standard InChI is InChI=1S/C19H22N2O3/c1-3-21(17-7-5-4-6-14(17)2)19(22)15-8-10-20-18(12-15)24-16-9-11-23-13-16/h4-8,10,12,16H,3,9,11,13H2,1-2H3. The van der Waals surface area contributed by atoms with Gasteiger partial charge in [-0.2, -0.15) is 0 Å². The number of pyridine rings is 1. The van der Waals surface area contributed by atoms with E-state index in [-0.39, 0.29) is 12.0 Å². The molecule has 3 rings (SSSR count). The number of carbonyl (C=O) groups excluding carboxylic acids is 1. The number of aromatic nitrogens is 1. The number of carbonyl (C=O) groups is 1. The highest BCUT2D eigenvalue weighted by Gasteiger charge is 2.21. The summed E-state index contributed by atoms with van der Waals surface area (Å²) in [5, 5.41) is 0. The lowest BCUT2D eigenvalue weighted by Gasteiger charge is -2.23. The summed E-state index contributed by atoms with van der Waals surface area (Å²) in [6.07, 6.45) is 2.48. The first kappa shape index (κ1) is 16.5. The monoisotopic (exact) mass is 326 g/mol. The van der Waals surface area contributed by atoms with Gasteiger partial charge in [-0.1, -0.05) is 18.2 Å². The molecule has 0 radical (unpaired) electrons. The smallest absolute Gasteiger partial charge is 0.258 e. The summed E-state index contributed by atoms with van der Waals surface area (Å²) in [4.78, 5) is 18.9. The van der Waals surface area contributed by atoms with Gasteiger partial charge in [0.1, 0.15) is 6.10 Å². The molecule has 5 heteroatoms. The number of nitrogens with zero attached hydrogens (tertiary/aromatic N) is 2. The molecule has 24 heavy (non-hydrogen) atoms. The number of anilines is 1. The quantitative estimate of drug-likeness (QED) is 0.846. The largest absolute Gasteiger partial charge is 0.472 e. The van der Waals surface area contributed by atoms with E-state index in [2.05, 4.69) is 4.98 Å². The zero-order valence-corrected chi connectivity index (χ0v) is 14.1. The first-order chi connectivity index (χ1) is 11.7. The molecule has 1 saturated heterocycles. The van der Waals surface area contributed by atoms with Crippen molar-refractivity contribution in [2.24, 2.45) is 0 Å². The molecule has 0 spiro atoms.